The van der Waals surface area contributed by atoms with E-state index >= 15 is 0 Å². The van der Waals surface area contributed by atoms with Crippen molar-refractivity contribution >= 4 is 29.3 Å². The Morgan fingerprint density at radius 1 is 0.889 bits per heavy atom. The molecule has 10 heteroatoms. The standard InChI is InChI=1S/C26H30N6O4/c1-36-26(35)29-22-17-21(25(34)32-13-9-28-10-14-32)7-8-23(22)30-11-2-12-31(16-15-30)24(33)20-5-3-19(18-27)4-6-20/h3-8,17,28H,2,9-16H2,1H3,(H,29,35). The zero-order valence-corrected chi connectivity index (χ0v) is 20.3. The van der Waals surface area contributed by atoms with Crippen molar-refractivity contribution in [1.82, 2.24) is 15.1 Å². The molecule has 36 heavy (non-hydrogen) atoms. The van der Waals surface area contributed by atoms with Crippen LogP contribution in [0.15, 0.2) is 42.5 Å². The Hall–Kier alpha value is -4.10. The molecule has 0 bridgehead atoms. The van der Waals surface area contributed by atoms with E-state index in [2.05, 4.69) is 21.6 Å². The van der Waals surface area contributed by atoms with E-state index in [0.29, 0.717) is 61.6 Å². The average Bonchev–Trinajstić information content (AvgIpc) is 3.19. The Bertz CT molecular complexity index is 1150. The molecule has 0 aliphatic carbocycles. The molecule has 2 aliphatic rings. The summed E-state index contributed by atoms with van der Waals surface area (Å²) in [5.74, 6) is -0.155. The van der Waals surface area contributed by atoms with Gasteiger partial charge in [0.2, 0.25) is 0 Å². The lowest BCUT2D eigenvalue weighted by atomic mass is 10.1. The number of piperazine rings is 1. The minimum atomic E-state index is -0.615. The molecule has 0 saturated carbocycles. The van der Waals surface area contributed by atoms with E-state index in [1.807, 2.05) is 6.07 Å². The number of rotatable bonds is 4. The molecule has 0 spiro atoms. The quantitative estimate of drug-likeness (QED) is 0.674. The van der Waals surface area contributed by atoms with Crippen molar-refractivity contribution in [3.63, 3.8) is 0 Å². The van der Waals surface area contributed by atoms with Gasteiger partial charge in [-0.15, -0.1) is 0 Å². The number of carbonyl (C=O) groups excluding carboxylic acids is 3. The number of anilines is 2. The molecule has 188 valence electrons. The predicted molar refractivity (Wildman–Crippen MR) is 135 cm³/mol. The van der Waals surface area contributed by atoms with Crippen LogP contribution in [0.25, 0.3) is 0 Å². The summed E-state index contributed by atoms with van der Waals surface area (Å²) in [7, 11) is 1.29. The highest BCUT2D eigenvalue weighted by Gasteiger charge is 2.24. The van der Waals surface area contributed by atoms with Crippen LogP contribution in [-0.4, -0.2) is 87.2 Å². The van der Waals surface area contributed by atoms with Gasteiger partial charge < -0.3 is 24.8 Å². The number of carbonyl (C=O) groups is 3. The summed E-state index contributed by atoms with van der Waals surface area (Å²) in [4.78, 5) is 43.8. The predicted octanol–water partition coefficient (Wildman–Crippen LogP) is 2.13. The summed E-state index contributed by atoms with van der Waals surface area (Å²) in [6.07, 6.45) is 0.122. The number of ether oxygens (including phenoxy) is 1. The first-order valence-electron chi connectivity index (χ1n) is 12.0. The van der Waals surface area contributed by atoms with Gasteiger partial charge in [0, 0.05) is 63.5 Å². The monoisotopic (exact) mass is 490 g/mol. The first-order chi connectivity index (χ1) is 17.5. The van der Waals surface area contributed by atoms with Crippen LogP contribution in [0.2, 0.25) is 0 Å². The lowest BCUT2D eigenvalue weighted by Crippen LogP contribution is -2.46. The van der Waals surface area contributed by atoms with Gasteiger partial charge in [0.15, 0.2) is 0 Å². The van der Waals surface area contributed by atoms with Gasteiger partial charge in [-0.1, -0.05) is 0 Å². The van der Waals surface area contributed by atoms with Gasteiger partial charge in [0.25, 0.3) is 11.8 Å². The molecule has 10 nitrogen and oxygen atoms in total. The van der Waals surface area contributed by atoms with Crippen molar-refractivity contribution in [2.45, 2.75) is 6.42 Å². The first-order valence-corrected chi connectivity index (χ1v) is 12.0. The Balaban J connectivity index is 1.51. The second kappa shape index (κ2) is 11.6. The van der Waals surface area contributed by atoms with Gasteiger partial charge in [-0.25, -0.2) is 4.79 Å². The van der Waals surface area contributed by atoms with Crippen LogP contribution in [0.1, 0.15) is 32.7 Å². The maximum atomic E-state index is 13.0. The van der Waals surface area contributed by atoms with Crippen LogP contribution < -0.4 is 15.5 Å². The number of nitrogens with one attached hydrogen (secondary N) is 2. The third-order valence-electron chi connectivity index (χ3n) is 6.45. The largest absolute Gasteiger partial charge is 0.453 e. The van der Waals surface area contributed by atoms with Gasteiger partial charge in [-0.2, -0.15) is 5.26 Å². The Labute approximate surface area is 210 Å². The number of amides is 3. The molecule has 2 saturated heterocycles. The third-order valence-corrected chi connectivity index (χ3v) is 6.45. The maximum absolute atomic E-state index is 13.0. The summed E-state index contributed by atoms with van der Waals surface area (Å²) >= 11 is 0. The molecule has 0 atom stereocenters. The average molecular weight is 491 g/mol. The minimum absolute atomic E-state index is 0.0776. The third kappa shape index (κ3) is 5.75. The van der Waals surface area contributed by atoms with Crippen molar-refractivity contribution in [1.29, 1.82) is 5.26 Å². The molecule has 0 aromatic heterocycles. The van der Waals surface area contributed by atoms with Crippen molar-refractivity contribution in [2.24, 2.45) is 0 Å². The number of nitrogens with zero attached hydrogens (tertiary/aromatic N) is 4. The fourth-order valence-electron chi connectivity index (χ4n) is 4.49. The molecule has 2 fully saturated rings. The first kappa shape index (κ1) is 25.0. The molecule has 2 N–H and O–H groups in total. The highest BCUT2D eigenvalue weighted by Crippen LogP contribution is 2.29. The molecule has 0 unspecified atom stereocenters. The van der Waals surface area contributed by atoms with Crippen molar-refractivity contribution in [3.05, 3.63) is 59.2 Å². The van der Waals surface area contributed by atoms with Gasteiger partial charge >= 0.3 is 6.09 Å². The topological polar surface area (TPSA) is 118 Å². The van der Waals surface area contributed by atoms with Crippen LogP contribution in [0.5, 0.6) is 0 Å². The minimum Gasteiger partial charge on any atom is -0.453 e. The molecule has 3 amide bonds. The van der Waals surface area contributed by atoms with Gasteiger partial charge in [0.1, 0.15) is 0 Å². The lowest BCUT2D eigenvalue weighted by molar-refractivity contribution is 0.0734. The molecule has 2 aliphatic heterocycles. The summed E-state index contributed by atoms with van der Waals surface area (Å²) in [5, 5.41) is 15.0. The highest BCUT2D eigenvalue weighted by molar-refractivity contribution is 5.99. The van der Waals surface area contributed by atoms with E-state index in [0.717, 1.165) is 25.2 Å². The van der Waals surface area contributed by atoms with E-state index in [-0.39, 0.29) is 11.8 Å². The van der Waals surface area contributed by atoms with Gasteiger partial charge in [-0.05, 0) is 48.9 Å². The Morgan fingerprint density at radius 2 is 1.56 bits per heavy atom. The molecule has 0 radical (unpaired) electrons. The van der Waals surface area contributed by atoms with Crippen LogP contribution >= 0.6 is 0 Å². The van der Waals surface area contributed by atoms with Crippen LogP contribution in [0.4, 0.5) is 16.2 Å². The van der Waals surface area contributed by atoms with Crippen molar-refractivity contribution < 1.29 is 19.1 Å². The molecule has 2 aromatic rings. The van der Waals surface area contributed by atoms with E-state index in [1.54, 1.807) is 46.2 Å². The fourth-order valence-corrected chi connectivity index (χ4v) is 4.49. The van der Waals surface area contributed by atoms with Gasteiger partial charge in [0.05, 0.1) is 30.1 Å². The Morgan fingerprint density at radius 3 is 2.25 bits per heavy atom. The van der Waals surface area contributed by atoms with Crippen LogP contribution in [-0.2, 0) is 4.74 Å². The van der Waals surface area contributed by atoms with E-state index in [1.165, 1.54) is 7.11 Å². The number of methoxy groups -OCH3 is 1. The maximum Gasteiger partial charge on any atom is 0.411 e. The Kier molecular flexibility index (Phi) is 8.02. The van der Waals surface area contributed by atoms with Crippen LogP contribution in [0.3, 0.4) is 0 Å². The van der Waals surface area contributed by atoms with Gasteiger partial charge in [-0.3, -0.25) is 14.9 Å². The lowest BCUT2D eigenvalue weighted by Gasteiger charge is -2.29. The van der Waals surface area contributed by atoms with E-state index in [4.69, 9.17) is 10.00 Å². The van der Waals surface area contributed by atoms with E-state index < -0.39 is 6.09 Å². The fraction of sp³-hybridized carbons (Fsp3) is 0.385. The number of hydrogen-bond donors (Lipinski definition) is 2. The SMILES string of the molecule is COC(=O)Nc1cc(C(=O)N2CCNCC2)ccc1N1CCCN(C(=O)c2ccc(C#N)cc2)CC1. The summed E-state index contributed by atoms with van der Waals surface area (Å²) in [6, 6.07) is 14.0. The summed E-state index contributed by atoms with van der Waals surface area (Å²) < 4.78 is 4.81. The van der Waals surface area contributed by atoms with Crippen molar-refractivity contribution in [3.8, 4) is 6.07 Å². The number of nitriles is 1. The zero-order chi connectivity index (χ0) is 25.5. The number of hydrogen-bond acceptors (Lipinski definition) is 7. The second-order valence-electron chi connectivity index (χ2n) is 8.71. The second-order valence-corrected chi connectivity index (χ2v) is 8.71. The van der Waals surface area contributed by atoms with Crippen LogP contribution in [0, 0.1) is 11.3 Å². The normalized spacial score (nSPS) is 16.1. The molecular formula is C26H30N6O4. The molecule has 4 rings (SSSR count). The highest BCUT2D eigenvalue weighted by atomic mass is 16.5. The number of benzene rings is 2. The smallest absolute Gasteiger partial charge is 0.411 e. The summed E-state index contributed by atoms with van der Waals surface area (Å²) in [5.41, 5.74) is 2.82. The summed E-state index contributed by atoms with van der Waals surface area (Å²) in [6.45, 7) is 5.10. The zero-order valence-electron chi connectivity index (χ0n) is 20.3. The van der Waals surface area contributed by atoms with E-state index in [9.17, 15) is 14.4 Å². The molecular weight excluding hydrogens is 460 g/mol. The van der Waals surface area contributed by atoms with Crippen molar-refractivity contribution in [2.75, 3.05) is 69.7 Å². The molecule has 2 aromatic carbocycles. The molecule has 2 heterocycles.